The molecule has 0 radical (unpaired) electrons. The van der Waals surface area contributed by atoms with Crippen LogP contribution in [0.1, 0.15) is 53.7 Å². The van der Waals surface area contributed by atoms with Crippen LogP contribution >= 0.6 is 0 Å². The molecule has 0 bridgehead atoms. The van der Waals surface area contributed by atoms with Crippen molar-refractivity contribution >= 4 is 16.6 Å². The van der Waals surface area contributed by atoms with Crippen LogP contribution in [0.25, 0.3) is 10.8 Å². The van der Waals surface area contributed by atoms with E-state index in [-0.39, 0.29) is 18.1 Å². The van der Waals surface area contributed by atoms with Crippen LogP contribution in [0.5, 0.6) is 0 Å². The zero-order chi connectivity index (χ0) is 22.1. The van der Waals surface area contributed by atoms with Gasteiger partial charge in [0.05, 0.1) is 0 Å². The van der Waals surface area contributed by atoms with Crippen LogP contribution in [0.3, 0.4) is 0 Å². The number of benzene rings is 3. The Morgan fingerprint density at radius 1 is 1.00 bits per heavy atom. The van der Waals surface area contributed by atoms with E-state index in [1.54, 1.807) is 0 Å². The summed E-state index contributed by atoms with van der Waals surface area (Å²) in [6.45, 7) is 2.70. The van der Waals surface area contributed by atoms with Crippen LogP contribution in [0.4, 0.5) is 0 Å². The molecule has 0 saturated carbocycles. The highest BCUT2D eigenvalue weighted by molar-refractivity contribution is 5.91. The standard InChI is InChI=1S/C27H27N3O2/c1-2-30-26(22-14-19-9-3-4-10-20(19)15-22)28-29-27(30)25(32)17-23(31)16-21-12-7-11-18-8-5-6-13-24(18)21/h3-13,22,25,32H,2,14-17H2,1H3. The SMILES string of the molecule is CCn1c(C(O)CC(=O)Cc2cccc3ccccc23)nnc1C1Cc2ccccc2C1. The van der Waals surface area contributed by atoms with Crippen molar-refractivity contribution in [2.75, 3.05) is 0 Å². The van der Waals surface area contributed by atoms with E-state index >= 15 is 0 Å². The van der Waals surface area contributed by atoms with Crippen molar-refractivity contribution in [3.63, 3.8) is 0 Å². The van der Waals surface area contributed by atoms with Gasteiger partial charge in [0.1, 0.15) is 17.7 Å². The van der Waals surface area contributed by atoms with E-state index in [2.05, 4.69) is 34.5 Å². The number of ketones is 1. The zero-order valence-electron chi connectivity index (χ0n) is 18.2. The lowest BCUT2D eigenvalue weighted by Crippen LogP contribution is -2.16. The molecule has 162 valence electrons. The van der Waals surface area contributed by atoms with Gasteiger partial charge in [-0.25, -0.2) is 0 Å². The van der Waals surface area contributed by atoms with Gasteiger partial charge in [0, 0.05) is 25.3 Å². The number of Topliss-reactive ketones (excluding diaryl/α,β-unsaturated/α-hetero) is 1. The first-order chi connectivity index (χ1) is 15.6. The van der Waals surface area contributed by atoms with E-state index < -0.39 is 6.10 Å². The maximum atomic E-state index is 12.8. The molecule has 5 nitrogen and oxygen atoms in total. The molecule has 1 aliphatic carbocycles. The van der Waals surface area contributed by atoms with Gasteiger partial charge in [-0.3, -0.25) is 4.79 Å². The van der Waals surface area contributed by atoms with Gasteiger partial charge in [-0.2, -0.15) is 0 Å². The first kappa shape index (κ1) is 20.6. The van der Waals surface area contributed by atoms with Crippen LogP contribution in [0.2, 0.25) is 0 Å². The van der Waals surface area contributed by atoms with Gasteiger partial charge in [0.2, 0.25) is 0 Å². The predicted molar refractivity (Wildman–Crippen MR) is 125 cm³/mol. The number of carbonyl (C=O) groups excluding carboxylic acids is 1. The third kappa shape index (κ3) is 3.84. The average molecular weight is 426 g/mol. The number of fused-ring (bicyclic) bond motifs is 2. The summed E-state index contributed by atoms with van der Waals surface area (Å²) in [6.07, 6.45) is 1.24. The van der Waals surface area contributed by atoms with Crippen LogP contribution in [-0.2, 0) is 30.6 Å². The first-order valence-corrected chi connectivity index (χ1v) is 11.3. The Balaban J connectivity index is 1.31. The predicted octanol–water partition coefficient (Wildman–Crippen LogP) is 4.57. The van der Waals surface area contributed by atoms with E-state index in [0.29, 0.717) is 18.8 Å². The Hall–Kier alpha value is -3.31. The van der Waals surface area contributed by atoms with Gasteiger partial charge in [0.15, 0.2) is 5.82 Å². The van der Waals surface area contributed by atoms with Gasteiger partial charge in [-0.05, 0) is 47.2 Å². The van der Waals surface area contributed by atoms with Gasteiger partial charge in [-0.15, -0.1) is 10.2 Å². The molecule has 0 fully saturated rings. The van der Waals surface area contributed by atoms with Gasteiger partial charge in [-0.1, -0.05) is 66.7 Å². The minimum atomic E-state index is -0.956. The van der Waals surface area contributed by atoms with Crippen LogP contribution in [-0.4, -0.2) is 25.7 Å². The molecule has 1 heterocycles. The molecular weight excluding hydrogens is 398 g/mol. The second kappa shape index (κ2) is 8.67. The highest BCUT2D eigenvalue weighted by atomic mass is 16.3. The molecule has 3 aromatic carbocycles. The van der Waals surface area contributed by atoms with Crippen molar-refractivity contribution < 1.29 is 9.90 Å². The Kier molecular flexibility index (Phi) is 5.58. The number of carbonyl (C=O) groups is 1. The van der Waals surface area contributed by atoms with Gasteiger partial charge in [0.25, 0.3) is 0 Å². The topological polar surface area (TPSA) is 68.0 Å². The summed E-state index contributed by atoms with van der Waals surface area (Å²) in [6, 6.07) is 22.5. The molecule has 1 aliphatic rings. The molecule has 0 spiro atoms. The molecule has 5 heteroatoms. The average Bonchev–Trinajstić information content (AvgIpc) is 3.43. The number of aliphatic hydroxyl groups is 1. The van der Waals surface area contributed by atoms with Crippen molar-refractivity contribution in [1.29, 1.82) is 0 Å². The highest BCUT2D eigenvalue weighted by Gasteiger charge is 2.29. The summed E-state index contributed by atoms with van der Waals surface area (Å²) in [5, 5.41) is 21.8. The summed E-state index contributed by atoms with van der Waals surface area (Å²) >= 11 is 0. The van der Waals surface area contributed by atoms with E-state index in [4.69, 9.17) is 0 Å². The number of aromatic nitrogens is 3. The fourth-order valence-electron chi connectivity index (χ4n) is 4.98. The monoisotopic (exact) mass is 425 g/mol. The Labute approximate surface area is 187 Å². The van der Waals surface area contributed by atoms with Crippen molar-refractivity contribution in [2.45, 2.75) is 51.2 Å². The maximum absolute atomic E-state index is 12.8. The normalized spacial score (nSPS) is 14.6. The van der Waals surface area contributed by atoms with Gasteiger partial charge < -0.3 is 9.67 Å². The molecular formula is C27H27N3O2. The van der Waals surface area contributed by atoms with Crippen LogP contribution in [0.15, 0.2) is 66.7 Å². The lowest BCUT2D eigenvalue weighted by Gasteiger charge is -2.15. The Bertz CT molecular complexity index is 1250. The quantitative estimate of drug-likeness (QED) is 0.471. The smallest absolute Gasteiger partial charge is 0.162 e. The van der Waals surface area contributed by atoms with Crippen LogP contribution in [0, 0.1) is 0 Å². The fourth-order valence-corrected chi connectivity index (χ4v) is 4.98. The second-order valence-electron chi connectivity index (χ2n) is 8.61. The largest absolute Gasteiger partial charge is 0.385 e. The minimum Gasteiger partial charge on any atom is -0.385 e. The molecule has 1 N–H and O–H groups in total. The summed E-state index contributed by atoms with van der Waals surface area (Å²) in [4.78, 5) is 12.8. The van der Waals surface area contributed by atoms with E-state index in [9.17, 15) is 9.90 Å². The van der Waals surface area contributed by atoms with Crippen molar-refractivity contribution in [3.05, 3.63) is 95.1 Å². The van der Waals surface area contributed by atoms with E-state index in [1.807, 2.05) is 54.0 Å². The van der Waals surface area contributed by atoms with Crippen molar-refractivity contribution in [1.82, 2.24) is 14.8 Å². The summed E-state index contributed by atoms with van der Waals surface area (Å²) in [5.41, 5.74) is 3.70. The van der Waals surface area contributed by atoms with Crippen LogP contribution < -0.4 is 0 Å². The highest BCUT2D eigenvalue weighted by Crippen LogP contribution is 2.34. The Morgan fingerprint density at radius 2 is 1.69 bits per heavy atom. The summed E-state index contributed by atoms with van der Waals surface area (Å²) < 4.78 is 1.99. The lowest BCUT2D eigenvalue weighted by atomic mass is 9.98. The number of aliphatic hydroxyl groups excluding tert-OH is 1. The third-order valence-corrected chi connectivity index (χ3v) is 6.53. The first-order valence-electron chi connectivity index (χ1n) is 11.3. The molecule has 0 aliphatic heterocycles. The molecule has 32 heavy (non-hydrogen) atoms. The summed E-state index contributed by atoms with van der Waals surface area (Å²) in [5.74, 6) is 1.64. The number of hydrogen-bond donors (Lipinski definition) is 1. The molecule has 4 aromatic rings. The second-order valence-corrected chi connectivity index (χ2v) is 8.61. The lowest BCUT2D eigenvalue weighted by molar-refractivity contribution is -0.120. The third-order valence-electron chi connectivity index (χ3n) is 6.53. The summed E-state index contributed by atoms with van der Waals surface area (Å²) in [7, 11) is 0. The number of rotatable bonds is 7. The molecule has 0 saturated heterocycles. The van der Waals surface area contributed by atoms with Gasteiger partial charge >= 0.3 is 0 Å². The minimum absolute atomic E-state index is 0.00525. The zero-order valence-corrected chi connectivity index (χ0v) is 18.2. The molecule has 5 rings (SSSR count). The van der Waals surface area contributed by atoms with Crippen molar-refractivity contribution in [3.8, 4) is 0 Å². The molecule has 0 amide bonds. The van der Waals surface area contributed by atoms with E-state index in [1.165, 1.54) is 11.1 Å². The number of hydrogen-bond acceptors (Lipinski definition) is 4. The Morgan fingerprint density at radius 3 is 2.44 bits per heavy atom. The molecule has 1 atom stereocenters. The van der Waals surface area contributed by atoms with Crippen molar-refractivity contribution in [2.24, 2.45) is 0 Å². The molecule has 1 unspecified atom stereocenters. The maximum Gasteiger partial charge on any atom is 0.162 e. The number of nitrogens with zero attached hydrogens (tertiary/aromatic N) is 3. The van der Waals surface area contributed by atoms with E-state index in [0.717, 1.165) is 35.0 Å². The fraction of sp³-hybridized carbons (Fsp3) is 0.296. The molecule has 1 aromatic heterocycles.